The molecule has 22 nitrogen and oxygen atoms in total. The van der Waals surface area contributed by atoms with Gasteiger partial charge in [0.25, 0.3) is 0 Å². The molecule has 0 bridgehead atoms. The Hall–Kier alpha value is -6.06. The number of imidazole rings is 1. The zero-order chi connectivity index (χ0) is 65.0. The van der Waals surface area contributed by atoms with Crippen LogP contribution in [0.1, 0.15) is 108 Å². The first-order valence-electron chi connectivity index (χ1n) is 32.7. The maximum Gasteiger partial charge on any atom is 2.00 e. The van der Waals surface area contributed by atoms with Crippen molar-refractivity contribution in [2.24, 2.45) is 11.8 Å². The number of aromatic hydroxyl groups is 1. The minimum absolute atomic E-state index is 0. The molecule has 6 aromatic rings. The van der Waals surface area contributed by atoms with E-state index < -0.39 is 0 Å². The van der Waals surface area contributed by atoms with Gasteiger partial charge in [-0.3, -0.25) is 34.3 Å². The summed E-state index contributed by atoms with van der Waals surface area (Å²) in [4.78, 5) is 59.6. The molecular weight excluding hydrogens is 1440 g/mol. The summed E-state index contributed by atoms with van der Waals surface area (Å²) in [6, 6.07) is 27.3. The van der Waals surface area contributed by atoms with Crippen LogP contribution in [0.25, 0.3) is 22.8 Å². The summed E-state index contributed by atoms with van der Waals surface area (Å²) in [5, 5.41) is 19.5. The second-order valence-corrected chi connectivity index (χ2v) is 22.8. The number of benzene rings is 1. The second-order valence-electron chi connectivity index (χ2n) is 22.8. The monoisotopic (exact) mass is 1540 g/mol. The normalized spacial score (nSPS) is 14.8. The van der Waals surface area contributed by atoms with Gasteiger partial charge in [-0.05, 0) is 130 Å². The van der Waals surface area contributed by atoms with Crippen LogP contribution >= 0.6 is 0 Å². The molecule has 25 heteroatoms. The molecule has 1 fully saturated rings. The molecule has 3 unspecified atom stereocenters. The number of aromatic nitrogens is 6. The molecule has 1 saturated carbocycles. The zero-order valence-electron chi connectivity index (χ0n) is 55.4. The number of halogens is 2. The number of aryl methyl sites for hydroxylation is 1. The fourth-order valence-electron chi connectivity index (χ4n) is 10.8. The number of fused-ring (bicyclic) bond motifs is 3. The molecule has 0 radical (unpaired) electrons. The first kappa shape index (κ1) is 83.2. The molecule has 5 aromatic heterocycles. The maximum absolute atomic E-state index is 12.4. The zero-order valence-corrected chi connectivity index (χ0v) is 59.4. The number of amides is 3. The Morgan fingerprint density at radius 1 is 0.568 bits per heavy atom. The number of hydrogen-bond donors (Lipinski definition) is 5. The van der Waals surface area contributed by atoms with Crippen molar-refractivity contribution in [3.63, 3.8) is 0 Å². The van der Waals surface area contributed by atoms with Crippen LogP contribution in [0.4, 0.5) is 0 Å². The van der Waals surface area contributed by atoms with Gasteiger partial charge >= 0.3 is 19.8 Å². The van der Waals surface area contributed by atoms with Crippen molar-refractivity contribution in [1.29, 1.82) is 0 Å². The summed E-state index contributed by atoms with van der Waals surface area (Å²) in [5.74, 6) is 2.02. The molecule has 95 heavy (non-hydrogen) atoms. The van der Waals surface area contributed by atoms with E-state index in [4.69, 9.17) is 42.6 Å². The first-order chi connectivity index (χ1) is 45.1. The van der Waals surface area contributed by atoms with Crippen LogP contribution in [0, 0.1) is 11.8 Å². The molecule has 2 aliphatic rings. The maximum atomic E-state index is 12.4. The standard InChI is InChI=1S/C50H83N5O13.2C10H8N2.2ClH.Os/c1-4-5-6-10-40-33-44(56)49-42-32-39(12-13-43(42)50(2,3)68-45(49)34-40)9-7-8-11-46(57)53-16-18-60-20-22-62-24-26-64-28-30-66-31-29-65-27-25-63-23-21-61-19-17-54-48(59)37-67-36-47(58)52-15-14-41-35-51-38-55-41;2*1-3-7-11-9(5-1)10-6-2-4-8-12-10;;;/h33-35,38-39,42-43,56H,4-32,36-37H2,1-3H3,(H,51,55)(H,52,58)(H,53,57)(H,54,59);2*1-8H;2*1H;/q;;;;;+2/p-2. The number of H-pyrrole nitrogens is 1. The third-order valence-corrected chi connectivity index (χ3v) is 15.4. The number of phenols is 1. The van der Waals surface area contributed by atoms with Gasteiger partial charge in [0, 0.05) is 80.6 Å². The average molecular weight is 1540 g/mol. The van der Waals surface area contributed by atoms with E-state index in [1.807, 2.05) is 78.9 Å². The Morgan fingerprint density at radius 2 is 1.03 bits per heavy atom. The number of unbranched alkanes of at least 4 members (excludes halogenated alkanes) is 3. The van der Waals surface area contributed by atoms with Crippen LogP contribution in [-0.2, 0) is 84.9 Å². The fourth-order valence-corrected chi connectivity index (χ4v) is 10.8. The molecule has 6 heterocycles. The molecule has 0 spiro atoms. The van der Waals surface area contributed by atoms with Gasteiger partial charge in [0.15, 0.2) is 0 Å². The third kappa shape index (κ3) is 34.6. The number of phenolic OH excluding ortho intramolecular Hbond substituents is 1. The third-order valence-electron chi connectivity index (χ3n) is 15.4. The molecule has 1 aliphatic heterocycles. The van der Waals surface area contributed by atoms with Crippen LogP contribution in [0.3, 0.4) is 0 Å². The summed E-state index contributed by atoms with van der Waals surface area (Å²) in [6.07, 6.45) is 22.3. The van der Waals surface area contributed by atoms with Gasteiger partial charge in [-0.2, -0.15) is 0 Å². The van der Waals surface area contributed by atoms with Gasteiger partial charge in [-0.25, -0.2) is 4.98 Å². The van der Waals surface area contributed by atoms with Gasteiger partial charge in [-0.15, -0.1) is 0 Å². The molecule has 524 valence electrons. The largest absolute Gasteiger partial charge is 2.00 e. The van der Waals surface area contributed by atoms with E-state index in [1.165, 1.54) is 19.3 Å². The topological polar surface area (TPSA) is 271 Å². The van der Waals surface area contributed by atoms with Crippen LogP contribution < -0.4 is 45.5 Å². The Balaban J connectivity index is 0.000000714. The molecule has 8 rings (SSSR count). The van der Waals surface area contributed by atoms with E-state index in [2.05, 4.69) is 72.7 Å². The second kappa shape index (κ2) is 51.2. The molecule has 3 amide bonds. The van der Waals surface area contributed by atoms with Gasteiger partial charge in [0.05, 0.1) is 122 Å². The van der Waals surface area contributed by atoms with Gasteiger partial charge in [-0.1, -0.05) is 56.9 Å². The number of carbonyl (C=O) groups is 3. The molecule has 3 atom stereocenters. The van der Waals surface area contributed by atoms with Gasteiger partial charge in [0.2, 0.25) is 17.7 Å². The first-order valence-corrected chi connectivity index (χ1v) is 32.7. The summed E-state index contributed by atoms with van der Waals surface area (Å²) in [7, 11) is 0. The molecule has 1 aliphatic carbocycles. The van der Waals surface area contributed by atoms with Crippen molar-refractivity contribution in [2.45, 2.75) is 109 Å². The van der Waals surface area contributed by atoms with Crippen LogP contribution in [0.15, 0.2) is 122 Å². The summed E-state index contributed by atoms with van der Waals surface area (Å²) in [6.45, 7) is 13.6. The smallest absolute Gasteiger partial charge is 1.00 e. The van der Waals surface area contributed by atoms with Crippen molar-refractivity contribution in [2.75, 3.05) is 125 Å². The quantitative estimate of drug-likeness (QED) is 0.0345. The van der Waals surface area contributed by atoms with E-state index in [0.29, 0.717) is 148 Å². The van der Waals surface area contributed by atoms with E-state index >= 15 is 0 Å². The molecular formula is C70H99Cl2N9O13Os. The Labute approximate surface area is 586 Å². The molecule has 5 N–H and O–H groups in total. The van der Waals surface area contributed by atoms with Crippen molar-refractivity contribution in [3.8, 4) is 34.3 Å². The van der Waals surface area contributed by atoms with Crippen LogP contribution in [-0.4, -0.2) is 184 Å². The minimum atomic E-state index is -0.323. The minimum Gasteiger partial charge on any atom is -1.00 e. The summed E-state index contributed by atoms with van der Waals surface area (Å²) < 4.78 is 50.3. The van der Waals surface area contributed by atoms with E-state index in [-0.39, 0.29) is 81.1 Å². The van der Waals surface area contributed by atoms with Crippen molar-refractivity contribution in [3.05, 3.63) is 139 Å². The number of nitrogens with one attached hydrogen (secondary N) is 4. The Morgan fingerprint density at radius 3 is 1.47 bits per heavy atom. The predicted molar refractivity (Wildman–Crippen MR) is 351 cm³/mol. The predicted octanol–water partition coefficient (Wildman–Crippen LogP) is 3.10. The fraction of sp³-hybridized carbons (Fsp3) is 0.543. The Kier molecular flexibility index (Phi) is 44.8. The SMILES string of the molecule is CCCCCc1cc(O)c2c(c1)OC(C)(C)C1CCC(CCCCC(=O)NCCOCCOCCOCCOCCOCCOCCOCCNC(=O)COCC(=O)NCCc3cnc[nH]3)CC21.[Cl-].[Cl-].[Os+2].c1ccc(-c2ccccn2)nc1.c1ccc(-c2ccccn2)nc1. The van der Waals surface area contributed by atoms with Gasteiger partial charge in [0.1, 0.15) is 30.3 Å². The number of pyridine rings is 4. The van der Waals surface area contributed by atoms with Crippen molar-refractivity contribution in [1.82, 2.24) is 45.9 Å². The number of rotatable bonds is 42. The number of ether oxygens (including phenoxy) is 9. The van der Waals surface area contributed by atoms with Crippen LogP contribution in [0.5, 0.6) is 11.5 Å². The number of nitrogens with zero attached hydrogens (tertiary/aromatic N) is 5. The van der Waals surface area contributed by atoms with E-state index in [1.54, 1.807) is 37.3 Å². The summed E-state index contributed by atoms with van der Waals surface area (Å²) in [5.41, 5.74) is 6.51. The van der Waals surface area contributed by atoms with Gasteiger partial charge < -0.3 is 93.5 Å². The van der Waals surface area contributed by atoms with E-state index in [9.17, 15) is 19.5 Å². The Bertz CT molecular complexity index is 2760. The number of carbonyl (C=O) groups excluding carboxylic acids is 3. The van der Waals surface area contributed by atoms with Crippen molar-refractivity contribution < 1.29 is 107 Å². The average Bonchev–Trinajstić information content (AvgIpc) is 1.03. The number of aromatic amines is 1. The molecule has 1 aromatic carbocycles. The summed E-state index contributed by atoms with van der Waals surface area (Å²) >= 11 is 0. The van der Waals surface area contributed by atoms with Crippen molar-refractivity contribution >= 4 is 17.7 Å². The van der Waals surface area contributed by atoms with E-state index in [0.717, 1.165) is 90.3 Å². The number of hydrogen-bond acceptors (Lipinski definition) is 18. The molecule has 0 saturated heterocycles. The van der Waals surface area contributed by atoms with Crippen LogP contribution in [0.2, 0.25) is 0 Å².